The lowest BCUT2D eigenvalue weighted by Crippen LogP contribution is -2.53. The number of hydrogen-bond acceptors (Lipinski definition) is 2. The Morgan fingerprint density at radius 1 is 1.40 bits per heavy atom. The molecule has 0 saturated carbocycles. The summed E-state index contributed by atoms with van der Waals surface area (Å²) >= 11 is 0. The van der Waals surface area contributed by atoms with Crippen molar-refractivity contribution in [1.29, 1.82) is 0 Å². The van der Waals surface area contributed by atoms with Gasteiger partial charge in [0.15, 0.2) is 0 Å². The fourth-order valence-corrected chi connectivity index (χ4v) is 1.96. The third kappa shape index (κ3) is 1.90. The van der Waals surface area contributed by atoms with Gasteiger partial charge < -0.3 is 10.1 Å². The van der Waals surface area contributed by atoms with Gasteiger partial charge in [0.25, 0.3) is 0 Å². The van der Waals surface area contributed by atoms with Crippen molar-refractivity contribution in [3.63, 3.8) is 0 Å². The standard InChI is InChI=1S/C12H16FNO/c1-2-14-7-12(8-15-9-12)10-5-3-4-6-11(10)13/h3-6,14H,2,7-9H2,1H3. The summed E-state index contributed by atoms with van der Waals surface area (Å²) in [7, 11) is 0. The molecule has 3 heteroatoms. The molecule has 0 spiro atoms. The molecule has 1 heterocycles. The zero-order valence-electron chi connectivity index (χ0n) is 8.92. The fraction of sp³-hybridized carbons (Fsp3) is 0.500. The highest BCUT2D eigenvalue weighted by molar-refractivity contribution is 5.30. The normalized spacial score (nSPS) is 18.5. The van der Waals surface area contributed by atoms with Crippen molar-refractivity contribution >= 4 is 0 Å². The molecule has 1 aromatic carbocycles. The van der Waals surface area contributed by atoms with Gasteiger partial charge in [0, 0.05) is 6.54 Å². The van der Waals surface area contributed by atoms with E-state index in [2.05, 4.69) is 12.2 Å². The first-order chi connectivity index (χ1) is 7.28. The maximum absolute atomic E-state index is 13.6. The molecule has 0 unspecified atom stereocenters. The number of hydrogen-bond donors (Lipinski definition) is 1. The number of rotatable bonds is 4. The molecule has 1 aromatic rings. The van der Waals surface area contributed by atoms with Crippen LogP contribution in [0.3, 0.4) is 0 Å². The number of halogens is 1. The Kier molecular flexibility index (Phi) is 3.03. The molecule has 1 saturated heterocycles. The Morgan fingerprint density at radius 3 is 2.67 bits per heavy atom. The van der Waals surface area contributed by atoms with Crippen LogP contribution in [-0.2, 0) is 10.2 Å². The summed E-state index contributed by atoms with van der Waals surface area (Å²) in [5.74, 6) is -0.126. The molecule has 1 aliphatic rings. The van der Waals surface area contributed by atoms with Gasteiger partial charge in [-0.2, -0.15) is 0 Å². The maximum Gasteiger partial charge on any atom is 0.127 e. The molecule has 1 fully saturated rings. The second-order valence-electron chi connectivity index (χ2n) is 4.03. The van der Waals surface area contributed by atoms with Gasteiger partial charge in [0.2, 0.25) is 0 Å². The minimum Gasteiger partial charge on any atom is -0.379 e. The summed E-state index contributed by atoms with van der Waals surface area (Å²) in [5, 5.41) is 3.27. The van der Waals surface area contributed by atoms with Crippen LogP contribution in [0, 0.1) is 5.82 Å². The predicted molar refractivity (Wildman–Crippen MR) is 57.4 cm³/mol. The van der Waals surface area contributed by atoms with Crippen molar-refractivity contribution in [3.8, 4) is 0 Å². The lowest BCUT2D eigenvalue weighted by Gasteiger charge is -2.42. The van der Waals surface area contributed by atoms with Crippen LogP contribution in [0.1, 0.15) is 12.5 Å². The lowest BCUT2D eigenvalue weighted by molar-refractivity contribution is -0.0603. The Morgan fingerprint density at radius 2 is 2.13 bits per heavy atom. The number of ether oxygens (including phenoxy) is 1. The van der Waals surface area contributed by atoms with Crippen molar-refractivity contribution in [2.24, 2.45) is 0 Å². The zero-order valence-corrected chi connectivity index (χ0v) is 8.92. The Labute approximate surface area is 89.4 Å². The topological polar surface area (TPSA) is 21.3 Å². The van der Waals surface area contributed by atoms with Gasteiger partial charge in [0.1, 0.15) is 5.82 Å². The molecule has 1 aliphatic heterocycles. The molecule has 2 rings (SSSR count). The second-order valence-corrected chi connectivity index (χ2v) is 4.03. The highest BCUT2D eigenvalue weighted by Crippen LogP contribution is 2.33. The van der Waals surface area contributed by atoms with Crippen molar-refractivity contribution in [2.75, 3.05) is 26.3 Å². The third-order valence-electron chi connectivity index (χ3n) is 2.92. The SMILES string of the molecule is CCNCC1(c2ccccc2F)COC1. The molecule has 0 atom stereocenters. The van der Waals surface area contributed by atoms with Gasteiger partial charge in [-0.15, -0.1) is 0 Å². The average molecular weight is 209 g/mol. The van der Waals surface area contributed by atoms with E-state index in [4.69, 9.17) is 4.74 Å². The Hall–Kier alpha value is -0.930. The highest BCUT2D eigenvalue weighted by Gasteiger charge is 2.41. The second kappa shape index (κ2) is 4.29. The monoisotopic (exact) mass is 209 g/mol. The molecule has 15 heavy (non-hydrogen) atoms. The predicted octanol–water partition coefficient (Wildman–Crippen LogP) is 1.70. The largest absolute Gasteiger partial charge is 0.379 e. The van der Waals surface area contributed by atoms with Crippen molar-refractivity contribution in [2.45, 2.75) is 12.3 Å². The maximum atomic E-state index is 13.6. The van der Waals surface area contributed by atoms with Gasteiger partial charge in [-0.25, -0.2) is 4.39 Å². The number of likely N-dealkylation sites (N-methyl/N-ethyl adjacent to an activating group) is 1. The van der Waals surface area contributed by atoms with Gasteiger partial charge in [-0.05, 0) is 18.2 Å². The lowest BCUT2D eigenvalue weighted by atomic mass is 9.78. The van der Waals surface area contributed by atoms with E-state index < -0.39 is 0 Å². The third-order valence-corrected chi connectivity index (χ3v) is 2.92. The molecular weight excluding hydrogens is 193 g/mol. The summed E-state index contributed by atoms with van der Waals surface area (Å²) in [6.07, 6.45) is 0. The Balaban J connectivity index is 2.22. The van der Waals surface area contributed by atoms with Gasteiger partial charge in [-0.3, -0.25) is 0 Å². The van der Waals surface area contributed by atoms with E-state index in [0.717, 1.165) is 18.7 Å². The first-order valence-corrected chi connectivity index (χ1v) is 5.32. The van der Waals surface area contributed by atoms with Crippen LogP contribution in [0.2, 0.25) is 0 Å². The average Bonchev–Trinajstić information content (AvgIpc) is 2.19. The van der Waals surface area contributed by atoms with Gasteiger partial charge in [-0.1, -0.05) is 25.1 Å². The molecule has 2 nitrogen and oxygen atoms in total. The molecule has 0 radical (unpaired) electrons. The first kappa shape index (κ1) is 10.6. The van der Waals surface area contributed by atoms with E-state index in [9.17, 15) is 4.39 Å². The molecule has 0 bridgehead atoms. The van der Waals surface area contributed by atoms with E-state index >= 15 is 0 Å². The number of nitrogens with one attached hydrogen (secondary N) is 1. The smallest absolute Gasteiger partial charge is 0.127 e. The van der Waals surface area contributed by atoms with E-state index in [0.29, 0.717) is 13.2 Å². The van der Waals surface area contributed by atoms with Crippen LogP contribution in [0.15, 0.2) is 24.3 Å². The molecule has 82 valence electrons. The summed E-state index contributed by atoms with van der Waals surface area (Å²) in [4.78, 5) is 0. The summed E-state index contributed by atoms with van der Waals surface area (Å²) in [6.45, 7) is 4.96. The molecule has 0 aromatic heterocycles. The Bertz CT molecular complexity index is 336. The fourth-order valence-electron chi connectivity index (χ4n) is 1.96. The minimum absolute atomic E-state index is 0.126. The van der Waals surface area contributed by atoms with E-state index in [1.165, 1.54) is 6.07 Å². The van der Waals surface area contributed by atoms with E-state index in [1.807, 2.05) is 12.1 Å². The van der Waals surface area contributed by atoms with Crippen molar-refractivity contribution in [3.05, 3.63) is 35.6 Å². The van der Waals surface area contributed by atoms with Crippen molar-refractivity contribution < 1.29 is 9.13 Å². The van der Waals surface area contributed by atoms with Gasteiger partial charge in [0.05, 0.1) is 18.6 Å². The van der Waals surface area contributed by atoms with Crippen LogP contribution in [0.25, 0.3) is 0 Å². The summed E-state index contributed by atoms with van der Waals surface area (Å²) in [6, 6.07) is 6.97. The van der Waals surface area contributed by atoms with Crippen LogP contribution >= 0.6 is 0 Å². The highest BCUT2D eigenvalue weighted by atomic mass is 19.1. The van der Waals surface area contributed by atoms with E-state index in [1.54, 1.807) is 6.07 Å². The van der Waals surface area contributed by atoms with Crippen LogP contribution in [0.5, 0.6) is 0 Å². The van der Waals surface area contributed by atoms with Crippen LogP contribution in [-0.4, -0.2) is 26.3 Å². The first-order valence-electron chi connectivity index (χ1n) is 5.32. The van der Waals surface area contributed by atoms with Crippen LogP contribution in [0.4, 0.5) is 4.39 Å². The van der Waals surface area contributed by atoms with Gasteiger partial charge >= 0.3 is 0 Å². The van der Waals surface area contributed by atoms with Crippen molar-refractivity contribution in [1.82, 2.24) is 5.32 Å². The molecule has 1 N–H and O–H groups in total. The molecule has 0 amide bonds. The molecular formula is C12H16FNO. The zero-order chi connectivity index (χ0) is 10.7. The summed E-state index contributed by atoms with van der Waals surface area (Å²) < 4.78 is 18.9. The number of benzene rings is 1. The minimum atomic E-state index is -0.151. The quantitative estimate of drug-likeness (QED) is 0.815. The van der Waals surface area contributed by atoms with Crippen LogP contribution < -0.4 is 5.32 Å². The van der Waals surface area contributed by atoms with E-state index in [-0.39, 0.29) is 11.2 Å². The summed E-state index contributed by atoms with van der Waals surface area (Å²) in [5.41, 5.74) is 0.624. The molecule has 0 aliphatic carbocycles.